The maximum Gasteiger partial charge on any atom is 0.207 e. The van der Waals surface area contributed by atoms with Crippen LogP contribution in [0, 0.1) is 6.57 Å². The second-order valence-corrected chi connectivity index (χ2v) is 8.85. The SMILES string of the molecule is [C-]#[N+]c1ccc2c(c1)C(C)(CC=CBr)C(C=Cc1ccc(N3CCNCC3)cc1)=[N+]2C. The molecule has 1 saturated heterocycles. The van der Waals surface area contributed by atoms with Gasteiger partial charge in [0.1, 0.15) is 7.05 Å². The molecule has 2 aromatic rings. The Morgan fingerprint density at radius 2 is 1.90 bits per heavy atom. The van der Waals surface area contributed by atoms with Crippen LogP contribution < -0.4 is 10.2 Å². The molecule has 2 aliphatic rings. The third-order valence-corrected chi connectivity index (χ3v) is 6.79. The lowest BCUT2D eigenvalue weighted by molar-refractivity contribution is -0.401. The molecule has 1 fully saturated rings. The minimum absolute atomic E-state index is 0.188. The van der Waals surface area contributed by atoms with E-state index in [1.807, 2.05) is 17.1 Å². The molecule has 0 radical (unpaired) electrons. The van der Waals surface area contributed by atoms with Crippen molar-refractivity contribution in [2.45, 2.75) is 18.8 Å². The van der Waals surface area contributed by atoms with Crippen LogP contribution in [-0.2, 0) is 5.41 Å². The van der Waals surface area contributed by atoms with E-state index in [1.165, 1.54) is 28.2 Å². The predicted molar refractivity (Wildman–Crippen MR) is 134 cm³/mol. The molecule has 2 aliphatic heterocycles. The van der Waals surface area contributed by atoms with Gasteiger partial charge in [-0.05, 0) is 60.3 Å². The summed E-state index contributed by atoms with van der Waals surface area (Å²) in [6.45, 7) is 13.9. The largest absolute Gasteiger partial charge is 0.369 e. The van der Waals surface area contributed by atoms with Gasteiger partial charge in [-0.25, -0.2) is 4.85 Å². The molecule has 1 atom stereocenters. The normalized spacial score (nSPS) is 21.2. The molecule has 31 heavy (non-hydrogen) atoms. The lowest BCUT2D eigenvalue weighted by Crippen LogP contribution is -2.43. The van der Waals surface area contributed by atoms with Crippen LogP contribution in [0.1, 0.15) is 24.5 Å². The standard InChI is InChI=1S/C26H28BrN4/c1-26(13-4-14-27)23-19-21(28-2)8-11-24(23)30(3)25(26)12-7-20-5-9-22(10-6-20)31-17-15-29-16-18-31/h4-12,14,19,29H,13,15-18H2,1,3H3/q+1. The summed E-state index contributed by atoms with van der Waals surface area (Å²) in [6, 6.07) is 14.9. The number of hydrogen-bond donors (Lipinski definition) is 1. The van der Waals surface area contributed by atoms with Crippen molar-refractivity contribution >= 4 is 44.8 Å². The second-order valence-electron chi connectivity index (χ2n) is 8.32. The Labute approximate surface area is 193 Å². The van der Waals surface area contributed by atoms with Crippen molar-refractivity contribution in [3.05, 3.63) is 82.1 Å². The molecule has 0 spiro atoms. The number of allylic oxidation sites excluding steroid dienone is 2. The molecular weight excluding hydrogens is 448 g/mol. The zero-order chi connectivity index (χ0) is 21.8. The second kappa shape index (κ2) is 9.21. The molecule has 1 unspecified atom stereocenters. The Balaban J connectivity index is 1.63. The first-order chi connectivity index (χ1) is 15.1. The summed E-state index contributed by atoms with van der Waals surface area (Å²) < 4.78 is 2.26. The number of rotatable bonds is 5. The highest BCUT2D eigenvalue weighted by Gasteiger charge is 2.45. The Kier molecular flexibility index (Phi) is 6.41. The van der Waals surface area contributed by atoms with Gasteiger partial charge >= 0.3 is 0 Å². The van der Waals surface area contributed by atoms with Crippen LogP contribution in [0.25, 0.3) is 10.9 Å². The van der Waals surface area contributed by atoms with Crippen LogP contribution in [0.3, 0.4) is 0 Å². The van der Waals surface area contributed by atoms with Crippen LogP contribution in [0.5, 0.6) is 0 Å². The Bertz CT molecular complexity index is 1090. The minimum Gasteiger partial charge on any atom is -0.369 e. The van der Waals surface area contributed by atoms with Crippen molar-refractivity contribution in [2.24, 2.45) is 0 Å². The van der Waals surface area contributed by atoms with E-state index in [-0.39, 0.29) is 5.41 Å². The number of halogens is 1. The number of anilines is 1. The van der Waals surface area contributed by atoms with Gasteiger partial charge in [0.25, 0.3) is 0 Å². The third-order valence-electron chi connectivity index (χ3n) is 6.42. The molecule has 0 amide bonds. The van der Waals surface area contributed by atoms with Gasteiger partial charge < -0.3 is 10.2 Å². The van der Waals surface area contributed by atoms with Gasteiger partial charge in [-0.2, -0.15) is 4.58 Å². The molecule has 0 aliphatic carbocycles. The summed E-state index contributed by atoms with van der Waals surface area (Å²) in [4.78, 5) is 8.00. The molecule has 1 N–H and O–H groups in total. The van der Waals surface area contributed by atoms with Gasteiger partial charge in [-0.15, -0.1) is 0 Å². The fraction of sp³-hybridized carbons (Fsp3) is 0.308. The van der Waals surface area contributed by atoms with Gasteiger partial charge in [0.15, 0.2) is 11.4 Å². The Hall–Kier alpha value is -2.68. The molecule has 4 nitrogen and oxygen atoms in total. The van der Waals surface area contributed by atoms with Gasteiger partial charge in [0, 0.05) is 43.5 Å². The predicted octanol–water partition coefficient (Wildman–Crippen LogP) is 5.65. The van der Waals surface area contributed by atoms with Crippen molar-refractivity contribution < 1.29 is 4.58 Å². The zero-order valence-corrected chi connectivity index (χ0v) is 19.7. The molecular formula is C26H28BrN4+. The van der Waals surface area contributed by atoms with Gasteiger partial charge in [0.05, 0.1) is 12.0 Å². The summed E-state index contributed by atoms with van der Waals surface area (Å²) >= 11 is 3.42. The molecule has 0 bridgehead atoms. The summed E-state index contributed by atoms with van der Waals surface area (Å²) in [5, 5.41) is 3.40. The van der Waals surface area contributed by atoms with Gasteiger partial charge in [-0.3, -0.25) is 0 Å². The maximum absolute atomic E-state index is 7.42. The summed E-state index contributed by atoms with van der Waals surface area (Å²) in [5.74, 6) is 0. The summed E-state index contributed by atoms with van der Waals surface area (Å²) in [7, 11) is 2.12. The Morgan fingerprint density at radius 1 is 1.16 bits per heavy atom. The monoisotopic (exact) mass is 475 g/mol. The number of nitrogens with one attached hydrogen (secondary N) is 1. The highest BCUT2D eigenvalue weighted by atomic mass is 79.9. The topological polar surface area (TPSA) is 22.6 Å². The van der Waals surface area contributed by atoms with Crippen LogP contribution in [0.15, 0.2) is 59.6 Å². The van der Waals surface area contributed by atoms with E-state index >= 15 is 0 Å². The lowest BCUT2D eigenvalue weighted by Gasteiger charge is -2.29. The first-order valence-electron chi connectivity index (χ1n) is 10.7. The van der Waals surface area contributed by atoms with Crippen LogP contribution in [0.2, 0.25) is 0 Å². The van der Waals surface area contributed by atoms with E-state index in [4.69, 9.17) is 6.57 Å². The smallest absolute Gasteiger partial charge is 0.207 e. The number of nitrogens with zero attached hydrogens (tertiary/aromatic N) is 3. The van der Waals surface area contributed by atoms with Crippen LogP contribution in [-0.4, -0.2) is 43.5 Å². The molecule has 5 heteroatoms. The average Bonchev–Trinajstić information content (AvgIpc) is 3.03. The fourth-order valence-corrected chi connectivity index (χ4v) is 4.84. The minimum atomic E-state index is -0.188. The van der Waals surface area contributed by atoms with Crippen molar-refractivity contribution in [3.8, 4) is 0 Å². The summed E-state index contributed by atoms with van der Waals surface area (Å²) in [5.41, 5.74) is 6.60. The number of hydrogen-bond acceptors (Lipinski definition) is 2. The van der Waals surface area contributed by atoms with Crippen LogP contribution in [0.4, 0.5) is 17.1 Å². The third kappa shape index (κ3) is 4.23. The van der Waals surface area contributed by atoms with Crippen LogP contribution >= 0.6 is 15.9 Å². The van der Waals surface area contributed by atoms with Gasteiger partial charge in [-0.1, -0.05) is 34.1 Å². The van der Waals surface area contributed by atoms with Crippen molar-refractivity contribution in [1.29, 1.82) is 0 Å². The fourth-order valence-electron chi connectivity index (χ4n) is 4.65. The van der Waals surface area contributed by atoms with E-state index in [2.05, 4.69) is 98.1 Å². The zero-order valence-electron chi connectivity index (χ0n) is 18.1. The number of piperazine rings is 1. The van der Waals surface area contributed by atoms with Crippen molar-refractivity contribution in [2.75, 3.05) is 38.1 Å². The van der Waals surface area contributed by atoms with Crippen molar-refractivity contribution in [1.82, 2.24) is 5.32 Å². The van der Waals surface area contributed by atoms with E-state index in [0.717, 1.165) is 32.6 Å². The molecule has 2 aromatic carbocycles. The first kappa shape index (κ1) is 21.5. The van der Waals surface area contributed by atoms with Crippen molar-refractivity contribution in [3.63, 3.8) is 0 Å². The molecule has 0 aromatic heterocycles. The quantitative estimate of drug-likeness (QED) is 0.446. The van der Waals surface area contributed by atoms with E-state index < -0.39 is 0 Å². The molecule has 4 rings (SSSR count). The first-order valence-corrected chi connectivity index (χ1v) is 11.6. The van der Waals surface area contributed by atoms with E-state index in [0.29, 0.717) is 5.69 Å². The number of benzene rings is 2. The highest BCUT2D eigenvalue weighted by molar-refractivity contribution is 9.11. The molecule has 158 valence electrons. The summed E-state index contributed by atoms with van der Waals surface area (Å²) in [6.07, 6.45) is 7.44. The molecule has 0 saturated carbocycles. The van der Waals surface area contributed by atoms with E-state index in [9.17, 15) is 0 Å². The average molecular weight is 476 g/mol. The Morgan fingerprint density at radius 3 is 2.58 bits per heavy atom. The van der Waals surface area contributed by atoms with Gasteiger partial charge in [0.2, 0.25) is 5.69 Å². The molecule has 2 heterocycles. The highest BCUT2D eigenvalue weighted by Crippen LogP contribution is 2.44. The van der Waals surface area contributed by atoms with E-state index in [1.54, 1.807) is 0 Å². The maximum atomic E-state index is 7.42. The number of fused-ring (bicyclic) bond motifs is 1. The lowest BCUT2D eigenvalue weighted by atomic mass is 9.76.